The van der Waals surface area contributed by atoms with E-state index >= 15 is 0 Å². The number of piperidine rings is 1. The van der Waals surface area contributed by atoms with Crippen molar-refractivity contribution in [3.05, 3.63) is 35.4 Å². The summed E-state index contributed by atoms with van der Waals surface area (Å²) in [4.78, 5) is 28.3. The van der Waals surface area contributed by atoms with Crippen LogP contribution >= 0.6 is 0 Å². The lowest BCUT2D eigenvalue weighted by Gasteiger charge is -2.26. The fourth-order valence-electron chi connectivity index (χ4n) is 3.08. The van der Waals surface area contributed by atoms with Crippen LogP contribution in [0.4, 0.5) is 5.69 Å². The predicted molar refractivity (Wildman–Crippen MR) is 82.8 cm³/mol. The van der Waals surface area contributed by atoms with E-state index in [2.05, 4.69) is 0 Å². The number of likely N-dealkylation sites (N-methyl/N-ethyl adjacent to an activating group) is 1. The zero-order valence-corrected chi connectivity index (χ0v) is 12.5. The Morgan fingerprint density at radius 3 is 2.55 bits per heavy atom. The number of hydrogen-bond donors (Lipinski definition) is 0. The van der Waals surface area contributed by atoms with Crippen molar-refractivity contribution in [3.63, 3.8) is 0 Å². The highest BCUT2D eigenvalue weighted by Gasteiger charge is 2.35. The van der Waals surface area contributed by atoms with Gasteiger partial charge in [-0.15, -0.1) is 0 Å². The molecule has 0 aromatic heterocycles. The number of carbonyl (C=O) groups excluding carboxylic acids is 2. The van der Waals surface area contributed by atoms with Gasteiger partial charge in [-0.25, -0.2) is 0 Å². The number of benzene rings is 1. The summed E-state index contributed by atoms with van der Waals surface area (Å²) in [6.07, 6.45) is 3.00. The number of nitrogens with zero attached hydrogens (tertiary/aromatic N) is 3. The van der Waals surface area contributed by atoms with Crippen LogP contribution in [0.15, 0.2) is 29.8 Å². The molecule has 0 saturated carbocycles. The average Bonchev–Trinajstić information content (AvgIpc) is 2.82. The number of likely N-dealkylation sites (tertiary alicyclic amines) is 1. The molecule has 0 aliphatic carbocycles. The quantitative estimate of drug-likeness (QED) is 0.587. The summed E-state index contributed by atoms with van der Waals surface area (Å²) in [5.41, 5.74) is 1.60. The van der Waals surface area contributed by atoms with E-state index in [0.717, 1.165) is 24.9 Å². The minimum atomic E-state index is -0.323. The van der Waals surface area contributed by atoms with E-state index in [9.17, 15) is 14.9 Å². The van der Waals surface area contributed by atoms with E-state index in [1.807, 2.05) is 24.3 Å². The minimum absolute atomic E-state index is 0.0382. The Balaban J connectivity index is 2.08. The molecule has 0 atom stereocenters. The average molecular weight is 295 g/mol. The van der Waals surface area contributed by atoms with E-state index in [1.165, 1.54) is 4.90 Å². The molecule has 2 aliphatic rings. The van der Waals surface area contributed by atoms with Crippen molar-refractivity contribution in [2.24, 2.45) is 0 Å². The molecule has 2 amide bonds. The maximum atomic E-state index is 12.7. The van der Waals surface area contributed by atoms with Crippen molar-refractivity contribution in [1.82, 2.24) is 4.90 Å². The molecule has 1 aromatic rings. The Labute approximate surface area is 129 Å². The molecule has 2 heterocycles. The lowest BCUT2D eigenvalue weighted by Crippen LogP contribution is -2.37. The van der Waals surface area contributed by atoms with Crippen LogP contribution in [0.1, 0.15) is 24.8 Å². The number of hydrogen-bond acceptors (Lipinski definition) is 3. The van der Waals surface area contributed by atoms with Crippen molar-refractivity contribution in [3.8, 4) is 6.07 Å². The Morgan fingerprint density at radius 1 is 1.18 bits per heavy atom. The molecule has 5 heteroatoms. The van der Waals surface area contributed by atoms with Crippen molar-refractivity contribution < 1.29 is 9.59 Å². The highest BCUT2D eigenvalue weighted by molar-refractivity contribution is 6.36. The number of rotatable bonds is 1. The van der Waals surface area contributed by atoms with Gasteiger partial charge in [0.2, 0.25) is 0 Å². The molecule has 1 fully saturated rings. The standard InChI is InChI=1S/C17H17N3O2/c1-19-14-8-4-3-7-12(14)15(17(19)22)13(11-18)16(21)20-9-5-2-6-10-20/h3-4,7-8H,2,5-6,9-10H2,1H3. The molecule has 0 spiro atoms. The van der Waals surface area contributed by atoms with E-state index in [-0.39, 0.29) is 23.0 Å². The number of fused-ring (bicyclic) bond motifs is 1. The molecular weight excluding hydrogens is 278 g/mol. The van der Waals surface area contributed by atoms with Gasteiger partial charge < -0.3 is 9.80 Å². The summed E-state index contributed by atoms with van der Waals surface area (Å²) >= 11 is 0. The summed E-state index contributed by atoms with van der Waals surface area (Å²) in [7, 11) is 1.66. The van der Waals surface area contributed by atoms with Crippen LogP contribution in [-0.2, 0) is 9.59 Å². The van der Waals surface area contributed by atoms with Gasteiger partial charge in [-0.05, 0) is 25.3 Å². The van der Waals surface area contributed by atoms with Gasteiger partial charge >= 0.3 is 0 Å². The lowest BCUT2D eigenvalue weighted by molar-refractivity contribution is -0.127. The summed E-state index contributed by atoms with van der Waals surface area (Å²) in [5.74, 6) is -0.612. The van der Waals surface area contributed by atoms with Crippen LogP contribution in [0.3, 0.4) is 0 Å². The minimum Gasteiger partial charge on any atom is -0.338 e. The maximum Gasteiger partial charge on any atom is 0.265 e. The summed E-state index contributed by atoms with van der Waals surface area (Å²) in [6, 6.07) is 9.23. The smallest absolute Gasteiger partial charge is 0.265 e. The second-order valence-electron chi connectivity index (χ2n) is 5.60. The zero-order chi connectivity index (χ0) is 15.7. The second kappa shape index (κ2) is 5.64. The normalized spacial score (nSPS) is 19.7. The number of nitriles is 1. The SMILES string of the molecule is CN1C(=O)C(=C(C#N)C(=O)N2CCCCC2)c2ccccc21. The number of para-hydroxylation sites is 1. The van der Waals surface area contributed by atoms with Crippen LogP contribution in [0.25, 0.3) is 5.57 Å². The molecule has 0 unspecified atom stereocenters. The summed E-state index contributed by atoms with van der Waals surface area (Å²) in [5, 5.41) is 9.49. The van der Waals surface area contributed by atoms with Crippen LogP contribution in [0.5, 0.6) is 0 Å². The van der Waals surface area contributed by atoms with Gasteiger partial charge in [-0.3, -0.25) is 9.59 Å². The highest BCUT2D eigenvalue weighted by atomic mass is 16.2. The van der Waals surface area contributed by atoms with Gasteiger partial charge in [-0.1, -0.05) is 18.2 Å². The van der Waals surface area contributed by atoms with E-state index in [4.69, 9.17) is 0 Å². The van der Waals surface area contributed by atoms with Crippen molar-refractivity contribution in [2.45, 2.75) is 19.3 Å². The third kappa shape index (κ3) is 2.17. The van der Waals surface area contributed by atoms with Crippen molar-refractivity contribution in [2.75, 3.05) is 25.0 Å². The van der Waals surface area contributed by atoms with Crippen LogP contribution in [0, 0.1) is 11.3 Å². The Hall–Kier alpha value is -2.61. The van der Waals surface area contributed by atoms with Gasteiger partial charge in [0.15, 0.2) is 0 Å². The Bertz CT molecular complexity index is 709. The largest absolute Gasteiger partial charge is 0.338 e. The monoisotopic (exact) mass is 295 g/mol. The summed E-state index contributed by atoms with van der Waals surface area (Å²) < 4.78 is 0. The van der Waals surface area contributed by atoms with E-state index in [1.54, 1.807) is 18.0 Å². The Morgan fingerprint density at radius 2 is 1.86 bits per heavy atom. The topological polar surface area (TPSA) is 64.4 Å². The third-order valence-electron chi connectivity index (χ3n) is 4.27. The molecule has 1 aromatic carbocycles. The zero-order valence-electron chi connectivity index (χ0n) is 12.5. The van der Waals surface area contributed by atoms with E-state index < -0.39 is 0 Å². The van der Waals surface area contributed by atoms with Gasteiger partial charge in [0.1, 0.15) is 11.6 Å². The first kappa shape index (κ1) is 14.3. The first-order chi connectivity index (χ1) is 10.6. The molecule has 0 N–H and O–H groups in total. The van der Waals surface area contributed by atoms with Gasteiger partial charge in [0, 0.05) is 25.7 Å². The second-order valence-corrected chi connectivity index (χ2v) is 5.60. The molecule has 3 rings (SSSR count). The van der Waals surface area contributed by atoms with Crippen LogP contribution < -0.4 is 4.90 Å². The molecule has 2 aliphatic heterocycles. The summed E-state index contributed by atoms with van der Waals surface area (Å²) in [6.45, 7) is 1.31. The first-order valence-electron chi connectivity index (χ1n) is 7.46. The van der Waals surface area contributed by atoms with Gasteiger partial charge in [0.25, 0.3) is 11.8 Å². The van der Waals surface area contributed by atoms with Crippen molar-refractivity contribution in [1.29, 1.82) is 5.26 Å². The molecule has 5 nitrogen and oxygen atoms in total. The Kier molecular flexibility index (Phi) is 3.68. The lowest BCUT2D eigenvalue weighted by atomic mass is 10.00. The van der Waals surface area contributed by atoms with Gasteiger partial charge in [-0.2, -0.15) is 5.26 Å². The van der Waals surface area contributed by atoms with Crippen molar-refractivity contribution >= 4 is 23.1 Å². The number of amides is 2. The molecule has 22 heavy (non-hydrogen) atoms. The highest BCUT2D eigenvalue weighted by Crippen LogP contribution is 2.37. The molecular formula is C17H17N3O2. The fraction of sp³-hybridized carbons (Fsp3) is 0.353. The maximum absolute atomic E-state index is 12.7. The molecule has 1 saturated heterocycles. The van der Waals surface area contributed by atoms with Crippen LogP contribution in [-0.4, -0.2) is 36.9 Å². The predicted octanol–water partition coefficient (Wildman–Crippen LogP) is 1.95. The fourth-order valence-corrected chi connectivity index (χ4v) is 3.08. The van der Waals surface area contributed by atoms with Gasteiger partial charge in [0.05, 0.1) is 11.3 Å². The first-order valence-corrected chi connectivity index (χ1v) is 7.46. The molecule has 0 bridgehead atoms. The third-order valence-corrected chi connectivity index (χ3v) is 4.27. The van der Waals surface area contributed by atoms with Crippen LogP contribution in [0.2, 0.25) is 0 Å². The molecule has 112 valence electrons. The molecule has 0 radical (unpaired) electrons. The number of anilines is 1. The number of carbonyl (C=O) groups is 2. The van der Waals surface area contributed by atoms with E-state index in [0.29, 0.717) is 18.7 Å².